The van der Waals surface area contributed by atoms with Crippen LogP contribution in [0.15, 0.2) is 30.3 Å². The highest BCUT2D eigenvalue weighted by atomic mass is 16.5. The lowest BCUT2D eigenvalue weighted by Crippen LogP contribution is -2.27. The minimum atomic E-state index is -0.291. The number of unbranched alkanes of at least 4 members (excludes halogenated alkanes) is 1. The fraction of sp³-hybridized carbons (Fsp3) is 0.588. The molecule has 19 heavy (non-hydrogen) atoms. The third-order valence-electron chi connectivity index (χ3n) is 4.62. The van der Waals surface area contributed by atoms with Crippen LogP contribution in [0.5, 0.6) is 0 Å². The van der Waals surface area contributed by atoms with Crippen LogP contribution in [-0.2, 0) is 14.9 Å². The zero-order valence-electron chi connectivity index (χ0n) is 12.2. The lowest BCUT2D eigenvalue weighted by Gasteiger charge is -2.21. The highest BCUT2D eigenvalue weighted by Crippen LogP contribution is 2.67. The minimum Gasteiger partial charge on any atom is -0.466 e. The van der Waals surface area contributed by atoms with E-state index in [0.29, 0.717) is 6.61 Å². The summed E-state index contributed by atoms with van der Waals surface area (Å²) in [6, 6.07) is 10.4. The Morgan fingerprint density at radius 1 is 1.26 bits per heavy atom. The van der Waals surface area contributed by atoms with Gasteiger partial charge in [-0.15, -0.1) is 0 Å². The molecule has 1 saturated carbocycles. The number of rotatable bonds is 6. The zero-order chi connectivity index (χ0) is 13.9. The van der Waals surface area contributed by atoms with Gasteiger partial charge >= 0.3 is 5.97 Å². The van der Waals surface area contributed by atoms with Crippen LogP contribution in [0.2, 0.25) is 0 Å². The van der Waals surface area contributed by atoms with Crippen LogP contribution in [0.4, 0.5) is 0 Å². The van der Waals surface area contributed by atoms with Gasteiger partial charge in [-0.2, -0.15) is 0 Å². The second kappa shape index (κ2) is 5.36. The predicted octanol–water partition coefficient (Wildman–Crippen LogP) is 4.09. The Balaban J connectivity index is 2.25. The first kappa shape index (κ1) is 14.1. The smallest absolute Gasteiger partial charge is 0.312 e. The van der Waals surface area contributed by atoms with Crippen LogP contribution in [0, 0.1) is 5.41 Å². The average molecular weight is 260 g/mol. The number of esters is 1. The number of carbonyl (C=O) groups is 1. The summed E-state index contributed by atoms with van der Waals surface area (Å²) < 4.78 is 5.34. The largest absolute Gasteiger partial charge is 0.466 e. The van der Waals surface area contributed by atoms with Gasteiger partial charge in [0.05, 0.1) is 12.0 Å². The van der Waals surface area contributed by atoms with Crippen molar-refractivity contribution in [2.75, 3.05) is 6.61 Å². The minimum absolute atomic E-state index is 0.00481. The normalized spacial score (nSPS) is 29.0. The highest BCUT2D eigenvalue weighted by molar-refractivity contribution is 5.84. The number of hydrogen-bond acceptors (Lipinski definition) is 2. The first-order chi connectivity index (χ1) is 9.10. The molecule has 1 aliphatic rings. The van der Waals surface area contributed by atoms with Crippen LogP contribution in [-0.4, -0.2) is 12.6 Å². The van der Waals surface area contributed by atoms with Crippen LogP contribution in [0.3, 0.4) is 0 Å². The van der Waals surface area contributed by atoms with Crippen molar-refractivity contribution in [2.45, 2.75) is 51.9 Å². The summed E-state index contributed by atoms with van der Waals surface area (Å²) in [6.07, 6.45) is 4.06. The Morgan fingerprint density at radius 3 is 2.53 bits per heavy atom. The SMILES string of the molecule is CCCC[C@]1(C(=O)OCC)C[C@]1(C)c1ccccc1. The molecule has 0 spiro atoms. The van der Waals surface area contributed by atoms with Crippen LogP contribution < -0.4 is 0 Å². The van der Waals surface area contributed by atoms with E-state index in [0.717, 1.165) is 25.7 Å². The van der Waals surface area contributed by atoms with Gasteiger partial charge in [-0.1, -0.05) is 57.0 Å². The molecule has 0 N–H and O–H groups in total. The van der Waals surface area contributed by atoms with Crippen molar-refractivity contribution < 1.29 is 9.53 Å². The molecule has 1 fully saturated rings. The van der Waals surface area contributed by atoms with Crippen LogP contribution in [0.25, 0.3) is 0 Å². The summed E-state index contributed by atoms with van der Waals surface area (Å²) in [5.74, 6) is -0.00481. The van der Waals surface area contributed by atoms with E-state index in [2.05, 4.69) is 38.1 Å². The standard InChI is InChI=1S/C17H24O2/c1-4-6-12-17(15(18)19-5-2)13-16(17,3)14-10-8-7-9-11-14/h7-11H,4-6,12-13H2,1-3H3/t16-,17-/m1/s1. The van der Waals surface area contributed by atoms with Crippen LogP contribution >= 0.6 is 0 Å². The van der Waals surface area contributed by atoms with Gasteiger partial charge in [-0.3, -0.25) is 4.79 Å². The molecular formula is C17H24O2. The number of benzene rings is 1. The summed E-state index contributed by atoms with van der Waals surface area (Å²) in [4.78, 5) is 12.4. The van der Waals surface area contributed by atoms with Gasteiger partial charge in [0, 0.05) is 5.41 Å². The van der Waals surface area contributed by atoms with E-state index in [1.165, 1.54) is 5.56 Å². The first-order valence-corrected chi connectivity index (χ1v) is 7.33. The molecule has 2 atom stereocenters. The van der Waals surface area contributed by atoms with E-state index < -0.39 is 0 Å². The molecule has 0 radical (unpaired) electrons. The van der Waals surface area contributed by atoms with Gasteiger partial charge in [0.25, 0.3) is 0 Å². The molecule has 1 aromatic rings. The summed E-state index contributed by atoms with van der Waals surface area (Å²) >= 11 is 0. The van der Waals surface area contributed by atoms with Crippen molar-refractivity contribution in [2.24, 2.45) is 5.41 Å². The lowest BCUT2D eigenvalue weighted by molar-refractivity contribution is -0.151. The Labute approximate surface area is 116 Å². The monoisotopic (exact) mass is 260 g/mol. The predicted molar refractivity (Wildman–Crippen MR) is 77.0 cm³/mol. The van der Waals surface area contributed by atoms with Gasteiger partial charge in [0.2, 0.25) is 0 Å². The van der Waals surface area contributed by atoms with E-state index in [-0.39, 0.29) is 16.8 Å². The van der Waals surface area contributed by atoms with Gasteiger partial charge in [-0.05, 0) is 25.3 Å². The van der Waals surface area contributed by atoms with Crippen molar-refractivity contribution >= 4 is 5.97 Å². The Kier molecular flexibility index (Phi) is 3.98. The fourth-order valence-electron chi connectivity index (χ4n) is 3.26. The Morgan fingerprint density at radius 2 is 1.95 bits per heavy atom. The Bertz CT molecular complexity index is 440. The van der Waals surface area contributed by atoms with E-state index in [1.807, 2.05) is 13.0 Å². The molecule has 1 aromatic carbocycles. The molecule has 0 heterocycles. The lowest BCUT2D eigenvalue weighted by atomic mass is 9.84. The molecule has 0 bridgehead atoms. The second-order valence-corrected chi connectivity index (χ2v) is 5.78. The molecule has 0 unspecified atom stereocenters. The zero-order valence-corrected chi connectivity index (χ0v) is 12.2. The van der Waals surface area contributed by atoms with E-state index >= 15 is 0 Å². The van der Waals surface area contributed by atoms with Crippen LogP contribution in [0.1, 0.15) is 52.0 Å². The third kappa shape index (κ3) is 2.29. The van der Waals surface area contributed by atoms with E-state index in [4.69, 9.17) is 4.74 Å². The summed E-state index contributed by atoms with van der Waals surface area (Å²) in [6.45, 7) is 6.72. The van der Waals surface area contributed by atoms with Gasteiger partial charge < -0.3 is 4.74 Å². The molecule has 0 aromatic heterocycles. The molecule has 0 aliphatic heterocycles. The number of hydrogen-bond donors (Lipinski definition) is 0. The maximum atomic E-state index is 12.4. The van der Waals surface area contributed by atoms with Gasteiger partial charge in [0.1, 0.15) is 0 Å². The molecule has 2 rings (SSSR count). The molecular weight excluding hydrogens is 236 g/mol. The summed E-state index contributed by atoms with van der Waals surface area (Å²) in [5.41, 5.74) is 0.926. The summed E-state index contributed by atoms with van der Waals surface area (Å²) in [5, 5.41) is 0. The molecule has 2 nitrogen and oxygen atoms in total. The maximum Gasteiger partial charge on any atom is 0.312 e. The van der Waals surface area contributed by atoms with E-state index in [9.17, 15) is 4.79 Å². The Hall–Kier alpha value is -1.31. The number of ether oxygens (including phenoxy) is 1. The third-order valence-corrected chi connectivity index (χ3v) is 4.62. The molecule has 0 saturated heterocycles. The summed E-state index contributed by atoms with van der Waals surface area (Å²) in [7, 11) is 0. The van der Waals surface area contributed by atoms with Gasteiger partial charge in [0.15, 0.2) is 0 Å². The average Bonchev–Trinajstić information content (AvgIpc) is 3.06. The number of carbonyl (C=O) groups excluding carboxylic acids is 1. The fourth-order valence-corrected chi connectivity index (χ4v) is 3.26. The van der Waals surface area contributed by atoms with E-state index in [1.54, 1.807) is 0 Å². The van der Waals surface area contributed by atoms with Crippen molar-refractivity contribution in [3.8, 4) is 0 Å². The van der Waals surface area contributed by atoms with Crippen molar-refractivity contribution in [1.29, 1.82) is 0 Å². The first-order valence-electron chi connectivity index (χ1n) is 7.33. The second-order valence-electron chi connectivity index (χ2n) is 5.78. The van der Waals surface area contributed by atoms with Crippen molar-refractivity contribution in [3.05, 3.63) is 35.9 Å². The quantitative estimate of drug-likeness (QED) is 0.720. The molecule has 104 valence electrons. The van der Waals surface area contributed by atoms with Crippen molar-refractivity contribution in [1.82, 2.24) is 0 Å². The van der Waals surface area contributed by atoms with Crippen molar-refractivity contribution in [3.63, 3.8) is 0 Å². The topological polar surface area (TPSA) is 26.3 Å². The highest BCUT2D eigenvalue weighted by Gasteiger charge is 2.69. The molecule has 2 heteroatoms. The molecule has 1 aliphatic carbocycles. The van der Waals surface area contributed by atoms with Gasteiger partial charge in [-0.25, -0.2) is 0 Å². The molecule has 0 amide bonds. The maximum absolute atomic E-state index is 12.4.